The Morgan fingerprint density at radius 1 is 1.35 bits per heavy atom. The van der Waals surface area contributed by atoms with Gasteiger partial charge in [0.2, 0.25) is 0 Å². The number of carbonyl (C=O) groups excluding carboxylic acids is 1. The zero-order chi connectivity index (χ0) is 12.1. The van der Waals surface area contributed by atoms with Crippen LogP contribution in [0.15, 0.2) is 42.0 Å². The van der Waals surface area contributed by atoms with Crippen molar-refractivity contribution in [2.75, 3.05) is 0 Å². The number of allylic oxidation sites excluding steroid dienone is 1. The first-order valence-corrected chi connectivity index (χ1v) is 6.14. The van der Waals surface area contributed by atoms with Crippen LogP contribution in [0.5, 0.6) is 0 Å². The first kappa shape index (κ1) is 11.9. The molecule has 1 aliphatic rings. The van der Waals surface area contributed by atoms with Gasteiger partial charge >= 0.3 is 5.97 Å². The highest BCUT2D eigenvalue weighted by Crippen LogP contribution is 2.32. The summed E-state index contributed by atoms with van der Waals surface area (Å²) in [4.78, 5) is 11.6. The van der Waals surface area contributed by atoms with E-state index in [2.05, 4.69) is 0 Å². The van der Waals surface area contributed by atoms with Gasteiger partial charge in [-0.25, -0.2) is 4.79 Å². The molecule has 0 spiro atoms. The lowest BCUT2D eigenvalue weighted by Gasteiger charge is -2.25. The number of hydrogen-bond donors (Lipinski definition) is 0. The molecule has 1 aromatic carbocycles. The van der Waals surface area contributed by atoms with E-state index >= 15 is 0 Å². The minimum atomic E-state index is -0.224. The van der Waals surface area contributed by atoms with Gasteiger partial charge in [-0.1, -0.05) is 42.3 Å². The summed E-state index contributed by atoms with van der Waals surface area (Å²) in [6, 6.07) is 9.74. The van der Waals surface area contributed by atoms with Gasteiger partial charge in [0.25, 0.3) is 0 Å². The Morgan fingerprint density at radius 2 is 2.06 bits per heavy atom. The van der Waals surface area contributed by atoms with E-state index in [1.54, 1.807) is 6.08 Å². The van der Waals surface area contributed by atoms with E-state index in [0.29, 0.717) is 12.5 Å². The molecule has 0 amide bonds. The van der Waals surface area contributed by atoms with Crippen LogP contribution in [0.1, 0.15) is 31.7 Å². The van der Waals surface area contributed by atoms with Crippen LogP contribution >= 0.6 is 0 Å². The summed E-state index contributed by atoms with van der Waals surface area (Å²) in [5.41, 5.74) is 2.19. The van der Waals surface area contributed by atoms with E-state index in [9.17, 15) is 4.79 Å². The Labute approximate surface area is 102 Å². The van der Waals surface area contributed by atoms with Crippen LogP contribution in [-0.2, 0) is 16.1 Å². The molecule has 1 aromatic rings. The largest absolute Gasteiger partial charge is 0.458 e. The van der Waals surface area contributed by atoms with Crippen molar-refractivity contribution in [2.45, 2.75) is 32.8 Å². The summed E-state index contributed by atoms with van der Waals surface area (Å²) < 4.78 is 5.20. The van der Waals surface area contributed by atoms with Crippen molar-refractivity contribution in [1.82, 2.24) is 0 Å². The molecule has 1 aliphatic carbocycles. The zero-order valence-corrected chi connectivity index (χ0v) is 10.2. The van der Waals surface area contributed by atoms with Crippen LogP contribution in [0.4, 0.5) is 0 Å². The van der Waals surface area contributed by atoms with Crippen molar-refractivity contribution in [3.63, 3.8) is 0 Å². The summed E-state index contributed by atoms with van der Waals surface area (Å²) in [6.07, 6.45) is 5.37. The van der Waals surface area contributed by atoms with Crippen molar-refractivity contribution in [3.05, 3.63) is 47.5 Å². The molecule has 0 N–H and O–H groups in total. The number of esters is 1. The molecule has 0 saturated heterocycles. The maximum absolute atomic E-state index is 11.6. The van der Waals surface area contributed by atoms with Gasteiger partial charge in [-0.15, -0.1) is 0 Å². The third kappa shape index (κ3) is 3.45. The molecule has 2 rings (SSSR count). The highest BCUT2D eigenvalue weighted by atomic mass is 16.5. The minimum Gasteiger partial charge on any atom is -0.458 e. The van der Waals surface area contributed by atoms with E-state index < -0.39 is 0 Å². The molecule has 0 heterocycles. The summed E-state index contributed by atoms with van der Waals surface area (Å²) >= 11 is 0. The van der Waals surface area contributed by atoms with Crippen molar-refractivity contribution in [3.8, 4) is 0 Å². The van der Waals surface area contributed by atoms with Crippen LogP contribution in [0.3, 0.4) is 0 Å². The standard InChI is InChI=1S/C15H18O2/c1-12(14-8-5-9-14)10-15(16)17-11-13-6-3-2-4-7-13/h2-4,6-7,10,14H,5,8-9,11H2,1H3/b12-10+. The fraction of sp³-hybridized carbons (Fsp3) is 0.400. The topological polar surface area (TPSA) is 26.3 Å². The second-order valence-corrected chi connectivity index (χ2v) is 4.61. The Morgan fingerprint density at radius 3 is 2.65 bits per heavy atom. The molecule has 0 atom stereocenters. The van der Waals surface area contributed by atoms with Crippen LogP contribution in [0, 0.1) is 5.92 Å². The van der Waals surface area contributed by atoms with Gasteiger partial charge < -0.3 is 4.74 Å². The number of ether oxygens (including phenoxy) is 1. The monoisotopic (exact) mass is 230 g/mol. The minimum absolute atomic E-state index is 0.224. The maximum atomic E-state index is 11.6. The average molecular weight is 230 g/mol. The van der Waals surface area contributed by atoms with Gasteiger partial charge in [-0.3, -0.25) is 0 Å². The maximum Gasteiger partial charge on any atom is 0.331 e. The summed E-state index contributed by atoms with van der Waals surface area (Å²) in [5, 5.41) is 0. The Hall–Kier alpha value is -1.57. The second kappa shape index (κ2) is 5.67. The first-order chi connectivity index (χ1) is 8.25. The fourth-order valence-corrected chi connectivity index (χ4v) is 1.94. The van der Waals surface area contributed by atoms with E-state index in [0.717, 1.165) is 11.1 Å². The fourth-order valence-electron chi connectivity index (χ4n) is 1.94. The van der Waals surface area contributed by atoms with E-state index in [1.165, 1.54) is 19.3 Å². The lowest BCUT2D eigenvalue weighted by molar-refractivity contribution is -0.139. The van der Waals surface area contributed by atoms with Crippen LogP contribution < -0.4 is 0 Å². The third-order valence-corrected chi connectivity index (χ3v) is 3.32. The molecule has 2 nitrogen and oxygen atoms in total. The second-order valence-electron chi connectivity index (χ2n) is 4.61. The number of hydrogen-bond acceptors (Lipinski definition) is 2. The van der Waals surface area contributed by atoms with E-state index in [1.807, 2.05) is 37.3 Å². The average Bonchev–Trinajstić information content (AvgIpc) is 2.25. The van der Waals surface area contributed by atoms with Gasteiger partial charge in [0.05, 0.1) is 0 Å². The molecule has 1 fully saturated rings. The molecule has 0 aromatic heterocycles. The SMILES string of the molecule is C/C(=C\C(=O)OCc1ccccc1)C1CCC1. The molecular formula is C15H18O2. The molecule has 0 unspecified atom stereocenters. The number of carbonyl (C=O) groups is 1. The summed E-state index contributed by atoms with van der Waals surface area (Å²) in [6.45, 7) is 2.38. The zero-order valence-electron chi connectivity index (χ0n) is 10.2. The molecule has 2 heteroatoms. The Balaban J connectivity index is 1.81. The number of benzene rings is 1. The molecule has 1 saturated carbocycles. The smallest absolute Gasteiger partial charge is 0.331 e. The van der Waals surface area contributed by atoms with E-state index in [4.69, 9.17) is 4.74 Å². The van der Waals surface area contributed by atoms with Gasteiger partial charge in [0.1, 0.15) is 6.61 Å². The molecule has 0 radical (unpaired) electrons. The van der Waals surface area contributed by atoms with Crippen LogP contribution in [-0.4, -0.2) is 5.97 Å². The lowest BCUT2D eigenvalue weighted by atomic mass is 9.80. The number of rotatable bonds is 4. The summed E-state index contributed by atoms with van der Waals surface area (Å²) in [5.74, 6) is 0.387. The predicted molar refractivity (Wildman–Crippen MR) is 67.3 cm³/mol. The van der Waals surface area contributed by atoms with Crippen LogP contribution in [0.25, 0.3) is 0 Å². The molecule has 0 aliphatic heterocycles. The first-order valence-electron chi connectivity index (χ1n) is 6.14. The molecule has 90 valence electrons. The van der Waals surface area contributed by atoms with Gasteiger partial charge in [-0.05, 0) is 31.2 Å². The highest BCUT2D eigenvalue weighted by molar-refractivity contribution is 5.82. The van der Waals surface area contributed by atoms with Crippen molar-refractivity contribution < 1.29 is 9.53 Å². The molecule has 17 heavy (non-hydrogen) atoms. The molecular weight excluding hydrogens is 212 g/mol. The lowest BCUT2D eigenvalue weighted by Crippen LogP contribution is -2.13. The van der Waals surface area contributed by atoms with Crippen molar-refractivity contribution in [2.24, 2.45) is 5.92 Å². The van der Waals surface area contributed by atoms with E-state index in [-0.39, 0.29) is 5.97 Å². The normalized spacial score (nSPS) is 16.4. The quantitative estimate of drug-likeness (QED) is 0.584. The Bertz CT molecular complexity index is 402. The predicted octanol–water partition coefficient (Wildman–Crippen LogP) is 3.48. The molecule has 0 bridgehead atoms. The van der Waals surface area contributed by atoms with Gasteiger partial charge in [0, 0.05) is 6.08 Å². The summed E-state index contributed by atoms with van der Waals surface area (Å²) in [7, 11) is 0. The van der Waals surface area contributed by atoms with Gasteiger partial charge in [0.15, 0.2) is 0 Å². The highest BCUT2D eigenvalue weighted by Gasteiger charge is 2.19. The van der Waals surface area contributed by atoms with Crippen molar-refractivity contribution >= 4 is 5.97 Å². The van der Waals surface area contributed by atoms with Gasteiger partial charge in [-0.2, -0.15) is 0 Å². The Kier molecular flexibility index (Phi) is 3.97. The third-order valence-electron chi connectivity index (χ3n) is 3.32. The van der Waals surface area contributed by atoms with Crippen molar-refractivity contribution in [1.29, 1.82) is 0 Å². The van der Waals surface area contributed by atoms with Crippen LogP contribution in [0.2, 0.25) is 0 Å².